The van der Waals surface area contributed by atoms with Crippen LogP contribution in [0, 0.1) is 0 Å². The molecule has 0 aliphatic carbocycles. The topological polar surface area (TPSA) is 92.5 Å². The molecule has 3 rings (SSSR count). The van der Waals surface area contributed by atoms with E-state index in [1.165, 1.54) is 4.31 Å². The van der Waals surface area contributed by atoms with Crippen LogP contribution in [0.25, 0.3) is 0 Å². The van der Waals surface area contributed by atoms with Crippen molar-refractivity contribution < 1.29 is 13.2 Å². The van der Waals surface area contributed by atoms with Gasteiger partial charge in [-0.3, -0.25) is 4.79 Å². The van der Waals surface area contributed by atoms with Gasteiger partial charge in [0.15, 0.2) is 0 Å². The van der Waals surface area contributed by atoms with Gasteiger partial charge in [0.25, 0.3) is 0 Å². The number of hydrogen-bond donors (Lipinski definition) is 2. The summed E-state index contributed by atoms with van der Waals surface area (Å²) in [4.78, 5) is 11.8. The summed E-state index contributed by atoms with van der Waals surface area (Å²) in [5.41, 5.74) is 7.39. The minimum atomic E-state index is -3.49. The monoisotopic (exact) mass is 345 g/mol. The number of nitrogens with two attached hydrogens (primary N) is 1. The molecule has 0 bridgehead atoms. The van der Waals surface area contributed by atoms with Crippen LogP contribution in [0.3, 0.4) is 0 Å². The molecular weight excluding hydrogens is 326 g/mol. The van der Waals surface area contributed by atoms with Crippen LogP contribution in [-0.2, 0) is 21.2 Å². The fourth-order valence-corrected chi connectivity index (χ4v) is 4.40. The lowest BCUT2D eigenvalue weighted by Crippen LogP contribution is -2.32. The highest BCUT2D eigenvalue weighted by Gasteiger charge is 2.31. The highest BCUT2D eigenvalue weighted by molar-refractivity contribution is 7.89. The van der Waals surface area contributed by atoms with Crippen molar-refractivity contribution in [2.45, 2.75) is 36.6 Å². The zero-order chi connectivity index (χ0) is 15.0. The molecule has 0 unspecified atom stereocenters. The first-order chi connectivity index (χ1) is 9.96. The smallest absolute Gasteiger partial charge is 0.243 e. The van der Waals surface area contributed by atoms with E-state index in [0.717, 1.165) is 17.7 Å². The molecule has 2 aliphatic heterocycles. The van der Waals surface area contributed by atoms with E-state index in [2.05, 4.69) is 5.32 Å². The van der Waals surface area contributed by atoms with Gasteiger partial charge in [-0.05, 0) is 43.0 Å². The Kier molecular flexibility index (Phi) is 5.11. The first-order valence-electron chi connectivity index (χ1n) is 7.15. The molecule has 1 atom stereocenters. The van der Waals surface area contributed by atoms with Crippen molar-refractivity contribution in [2.24, 2.45) is 5.73 Å². The van der Waals surface area contributed by atoms with E-state index in [0.29, 0.717) is 32.4 Å². The number of fused-ring (bicyclic) bond motifs is 1. The molecule has 1 saturated heterocycles. The van der Waals surface area contributed by atoms with Gasteiger partial charge in [-0.2, -0.15) is 4.31 Å². The first kappa shape index (κ1) is 17.2. The average molecular weight is 346 g/mol. The number of hydrogen-bond acceptors (Lipinski definition) is 4. The summed E-state index contributed by atoms with van der Waals surface area (Å²) < 4.78 is 26.6. The number of carbonyl (C=O) groups is 1. The molecule has 1 aromatic rings. The molecule has 1 amide bonds. The van der Waals surface area contributed by atoms with Gasteiger partial charge >= 0.3 is 0 Å². The van der Waals surface area contributed by atoms with E-state index in [-0.39, 0.29) is 29.3 Å². The SMILES string of the molecule is Cl.N[C@@H]1CCN(S(=O)(=O)c2ccc3c(c2)CCCC(=O)N3)C1. The number of nitrogens with one attached hydrogen (secondary N) is 1. The summed E-state index contributed by atoms with van der Waals surface area (Å²) in [5, 5.41) is 2.81. The standard InChI is InChI=1S/C14H19N3O3S.ClH/c15-11-6-7-17(9-11)21(19,20)12-4-5-13-10(8-12)2-1-3-14(18)16-13;/h4-5,8,11H,1-3,6-7,9,15H2,(H,16,18);1H/t11-;/m1./s1. The Bertz CT molecular complexity index is 678. The van der Waals surface area contributed by atoms with Crippen LogP contribution in [0.5, 0.6) is 0 Å². The highest BCUT2D eigenvalue weighted by Crippen LogP contribution is 2.27. The molecule has 0 saturated carbocycles. The Morgan fingerprint density at radius 2 is 2.05 bits per heavy atom. The first-order valence-corrected chi connectivity index (χ1v) is 8.59. The zero-order valence-corrected chi connectivity index (χ0v) is 13.8. The van der Waals surface area contributed by atoms with Gasteiger partial charge in [-0.15, -0.1) is 12.4 Å². The summed E-state index contributed by atoms with van der Waals surface area (Å²) in [6, 6.07) is 4.84. The van der Waals surface area contributed by atoms with Crippen molar-refractivity contribution in [1.82, 2.24) is 4.31 Å². The predicted molar refractivity (Wildman–Crippen MR) is 86.6 cm³/mol. The van der Waals surface area contributed by atoms with Gasteiger partial charge in [-0.25, -0.2) is 8.42 Å². The Balaban J connectivity index is 0.00000176. The summed E-state index contributed by atoms with van der Waals surface area (Å²) in [6.07, 6.45) is 2.60. The van der Waals surface area contributed by atoms with Crippen LogP contribution in [0.4, 0.5) is 5.69 Å². The molecule has 2 heterocycles. The van der Waals surface area contributed by atoms with Crippen molar-refractivity contribution in [1.29, 1.82) is 0 Å². The van der Waals surface area contributed by atoms with Gasteiger partial charge in [0, 0.05) is 31.2 Å². The van der Waals surface area contributed by atoms with E-state index >= 15 is 0 Å². The lowest BCUT2D eigenvalue weighted by Gasteiger charge is -2.17. The largest absolute Gasteiger partial charge is 0.326 e. The molecule has 1 fully saturated rings. The fourth-order valence-electron chi connectivity index (χ4n) is 2.83. The van der Waals surface area contributed by atoms with E-state index in [4.69, 9.17) is 5.73 Å². The molecule has 22 heavy (non-hydrogen) atoms. The van der Waals surface area contributed by atoms with Crippen LogP contribution < -0.4 is 11.1 Å². The van der Waals surface area contributed by atoms with Crippen molar-refractivity contribution in [3.05, 3.63) is 23.8 Å². The van der Waals surface area contributed by atoms with Gasteiger partial charge in [0.1, 0.15) is 0 Å². The fraction of sp³-hybridized carbons (Fsp3) is 0.500. The van der Waals surface area contributed by atoms with Crippen LogP contribution in [-0.4, -0.2) is 37.8 Å². The maximum absolute atomic E-state index is 12.6. The molecule has 0 radical (unpaired) electrons. The summed E-state index contributed by atoms with van der Waals surface area (Å²) in [6.45, 7) is 0.841. The van der Waals surface area contributed by atoms with E-state index in [9.17, 15) is 13.2 Å². The number of benzene rings is 1. The number of aryl methyl sites for hydroxylation is 1. The zero-order valence-electron chi connectivity index (χ0n) is 12.1. The number of carbonyl (C=O) groups excluding carboxylic acids is 1. The quantitative estimate of drug-likeness (QED) is 0.839. The molecule has 3 N–H and O–H groups in total. The Morgan fingerprint density at radius 1 is 1.27 bits per heavy atom. The Hall–Kier alpha value is -1.15. The second kappa shape index (κ2) is 6.54. The van der Waals surface area contributed by atoms with E-state index < -0.39 is 10.0 Å². The van der Waals surface area contributed by atoms with Crippen LogP contribution in [0.15, 0.2) is 23.1 Å². The number of anilines is 1. The normalized spacial score (nSPS) is 22.4. The molecule has 0 aromatic heterocycles. The number of rotatable bonds is 2. The third kappa shape index (κ3) is 3.27. The second-order valence-electron chi connectivity index (χ2n) is 5.63. The van der Waals surface area contributed by atoms with Crippen LogP contribution in [0.2, 0.25) is 0 Å². The highest BCUT2D eigenvalue weighted by atomic mass is 35.5. The number of sulfonamides is 1. The summed E-state index contributed by atoms with van der Waals surface area (Å²) in [7, 11) is -3.49. The third-order valence-electron chi connectivity index (χ3n) is 4.03. The molecular formula is C14H20ClN3O3S. The lowest BCUT2D eigenvalue weighted by molar-refractivity contribution is -0.116. The maximum atomic E-state index is 12.6. The molecule has 0 spiro atoms. The molecule has 2 aliphatic rings. The maximum Gasteiger partial charge on any atom is 0.243 e. The van der Waals surface area contributed by atoms with Crippen LogP contribution in [0.1, 0.15) is 24.8 Å². The van der Waals surface area contributed by atoms with Crippen molar-refractivity contribution in [2.75, 3.05) is 18.4 Å². The number of halogens is 1. The van der Waals surface area contributed by atoms with Gasteiger partial charge in [-0.1, -0.05) is 0 Å². The van der Waals surface area contributed by atoms with Gasteiger partial charge in [0.2, 0.25) is 15.9 Å². The average Bonchev–Trinajstić information content (AvgIpc) is 2.79. The van der Waals surface area contributed by atoms with Crippen molar-refractivity contribution >= 4 is 34.0 Å². The third-order valence-corrected chi connectivity index (χ3v) is 5.89. The molecule has 8 heteroatoms. The molecule has 6 nitrogen and oxygen atoms in total. The van der Waals surface area contributed by atoms with Crippen molar-refractivity contribution in [3.63, 3.8) is 0 Å². The van der Waals surface area contributed by atoms with Gasteiger partial charge in [0.05, 0.1) is 4.90 Å². The minimum absolute atomic E-state index is 0. The second-order valence-corrected chi connectivity index (χ2v) is 7.57. The lowest BCUT2D eigenvalue weighted by atomic mass is 10.1. The predicted octanol–water partition coefficient (Wildman–Crippen LogP) is 1.10. The van der Waals surface area contributed by atoms with Crippen LogP contribution >= 0.6 is 12.4 Å². The van der Waals surface area contributed by atoms with E-state index in [1.807, 2.05) is 0 Å². The van der Waals surface area contributed by atoms with Gasteiger partial charge < -0.3 is 11.1 Å². The summed E-state index contributed by atoms with van der Waals surface area (Å²) in [5.74, 6) is -0.0186. The number of nitrogens with zero attached hydrogens (tertiary/aromatic N) is 1. The van der Waals surface area contributed by atoms with E-state index in [1.54, 1.807) is 18.2 Å². The minimum Gasteiger partial charge on any atom is -0.326 e. The molecule has 122 valence electrons. The Morgan fingerprint density at radius 3 is 2.73 bits per heavy atom. The summed E-state index contributed by atoms with van der Waals surface area (Å²) >= 11 is 0. The number of amides is 1. The molecule has 1 aromatic carbocycles. The Labute approximate surface area is 136 Å². The van der Waals surface area contributed by atoms with Crippen molar-refractivity contribution in [3.8, 4) is 0 Å².